The molecule has 90 valence electrons. The maximum Gasteiger partial charge on any atom is 0.287 e. The van der Waals surface area contributed by atoms with Crippen LogP contribution in [0.2, 0.25) is 0 Å². The third kappa shape index (κ3) is 3.13. The van der Waals surface area contributed by atoms with Gasteiger partial charge < -0.3 is 9.73 Å². The van der Waals surface area contributed by atoms with Crippen molar-refractivity contribution < 1.29 is 9.21 Å². The van der Waals surface area contributed by atoms with E-state index in [-0.39, 0.29) is 5.91 Å². The van der Waals surface area contributed by atoms with Crippen LogP contribution in [-0.2, 0) is 12.3 Å². The predicted molar refractivity (Wildman–Crippen MR) is 65.7 cm³/mol. The third-order valence-corrected chi connectivity index (χ3v) is 2.74. The Bertz CT molecular complexity index is 479. The number of hydrogen-bond donors (Lipinski definition) is 2. The Morgan fingerprint density at radius 2 is 2.41 bits per heavy atom. The maximum absolute atomic E-state index is 11.7. The van der Waals surface area contributed by atoms with Crippen LogP contribution in [0, 0.1) is 0 Å². The second-order valence-electron chi connectivity index (χ2n) is 3.46. The number of nitrogens with one attached hydrogen (secondary N) is 2. The highest BCUT2D eigenvalue weighted by Gasteiger charge is 2.10. The Kier molecular flexibility index (Phi) is 3.87. The number of aromatic nitrogens is 2. The molecule has 2 rings (SSSR count). The van der Waals surface area contributed by atoms with Crippen LogP contribution >= 0.6 is 11.8 Å². The lowest BCUT2D eigenvalue weighted by Gasteiger charge is -2.00. The van der Waals surface area contributed by atoms with Gasteiger partial charge in [0.2, 0.25) is 0 Å². The molecule has 0 saturated heterocycles. The number of rotatable bonds is 5. The smallest absolute Gasteiger partial charge is 0.287 e. The van der Waals surface area contributed by atoms with Crippen molar-refractivity contribution in [2.45, 2.75) is 12.3 Å². The average Bonchev–Trinajstić information content (AvgIpc) is 2.97. The summed E-state index contributed by atoms with van der Waals surface area (Å²) in [5.74, 6) is 1.71. The Morgan fingerprint density at radius 3 is 3.12 bits per heavy atom. The fourth-order valence-corrected chi connectivity index (χ4v) is 1.81. The molecule has 5 nitrogen and oxygen atoms in total. The van der Waals surface area contributed by atoms with Gasteiger partial charge in [-0.3, -0.25) is 9.89 Å². The van der Waals surface area contributed by atoms with E-state index in [1.165, 1.54) is 0 Å². The summed E-state index contributed by atoms with van der Waals surface area (Å²) < 4.78 is 5.40. The lowest BCUT2D eigenvalue weighted by Crippen LogP contribution is -2.22. The van der Waals surface area contributed by atoms with Crippen molar-refractivity contribution in [2.75, 3.05) is 6.26 Å². The highest BCUT2D eigenvalue weighted by Crippen LogP contribution is 2.13. The lowest BCUT2D eigenvalue weighted by atomic mass is 10.4. The van der Waals surface area contributed by atoms with Crippen LogP contribution in [0.15, 0.2) is 28.8 Å². The Labute approximate surface area is 103 Å². The Morgan fingerprint density at radius 1 is 1.53 bits per heavy atom. The van der Waals surface area contributed by atoms with Gasteiger partial charge in [0.25, 0.3) is 5.91 Å². The fraction of sp³-hybridized carbons (Fsp3) is 0.273. The summed E-state index contributed by atoms with van der Waals surface area (Å²) in [5.41, 5.74) is 0.856. The van der Waals surface area contributed by atoms with Gasteiger partial charge in [-0.2, -0.15) is 16.9 Å². The number of aromatic amines is 1. The van der Waals surface area contributed by atoms with Crippen molar-refractivity contribution in [3.8, 4) is 0 Å². The summed E-state index contributed by atoms with van der Waals surface area (Å²) >= 11 is 1.65. The molecule has 0 spiro atoms. The van der Waals surface area contributed by atoms with E-state index >= 15 is 0 Å². The summed E-state index contributed by atoms with van der Waals surface area (Å²) in [7, 11) is 0. The fourth-order valence-electron chi connectivity index (χ4n) is 1.37. The summed E-state index contributed by atoms with van der Waals surface area (Å²) in [5, 5.41) is 9.32. The van der Waals surface area contributed by atoms with Crippen molar-refractivity contribution in [3.63, 3.8) is 0 Å². The number of thioether (sulfide) groups is 1. The van der Waals surface area contributed by atoms with Gasteiger partial charge in [-0.15, -0.1) is 0 Å². The van der Waals surface area contributed by atoms with Crippen LogP contribution in [0.5, 0.6) is 0 Å². The first-order valence-corrected chi connectivity index (χ1v) is 6.53. The standard InChI is InChI=1S/C11H13N3O2S/c1-17-7-9-2-3-10(16-9)11(15)12-6-8-4-5-13-14-8/h2-5H,6-7H2,1H3,(H,12,15)(H,13,14). The van der Waals surface area contributed by atoms with Crippen molar-refractivity contribution in [1.29, 1.82) is 0 Å². The van der Waals surface area contributed by atoms with Crippen LogP contribution in [0.4, 0.5) is 0 Å². The van der Waals surface area contributed by atoms with Crippen molar-refractivity contribution in [3.05, 3.63) is 41.6 Å². The quantitative estimate of drug-likeness (QED) is 0.850. The molecule has 0 aromatic carbocycles. The minimum absolute atomic E-state index is 0.216. The van der Waals surface area contributed by atoms with Gasteiger partial charge in [-0.05, 0) is 24.5 Å². The van der Waals surface area contributed by atoms with Gasteiger partial charge in [-0.25, -0.2) is 0 Å². The average molecular weight is 251 g/mol. The molecule has 0 aliphatic heterocycles. The first kappa shape index (κ1) is 11.8. The van der Waals surface area contributed by atoms with Crippen molar-refractivity contribution in [2.24, 2.45) is 0 Å². The number of carbonyl (C=O) groups is 1. The normalized spacial score (nSPS) is 10.4. The zero-order valence-electron chi connectivity index (χ0n) is 9.40. The van der Waals surface area contributed by atoms with Crippen LogP contribution < -0.4 is 5.32 Å². The van der Waals surface area contributed by atoms with E-state index in [1.807, 2.05) is 18.4 Å². The zero-order chi connectivity index (χ0) is 12.1. The second kappa shape index (κ2) is 5.58. The molecule has 0 bridgehead atoms. The third-order valence-electron chi connectivity index (χ3n) is 2.17. The predicted octanol–water partition coefficient (Wildman–Crippen LogP) is 1.80. The van der Waals surface area contributed by atoms with E-state index in [4.69, 9.17) is 4.42 Å². The van der Waals surface area contributed by atoms with E-state index in [9.17, 15) is 4.79 Å². The first-order valence-electron chi connectivity index (χ1n) is 5.13. The SMILES string of the molecule is CSCc1ccc(C(=O)NCc2ccn[nH]2)o1. The highest BCUT2D eigenvalue weighted by molar-refractivity contribution is 7.97. The molecule has 2 aromatic rings. The van der Waals surface area contributed by atoms with Crippen LogP contribution in [-0.4, -0.2) is 22.4 Å². The highest BCUT2D eigenvalue weighted by atomic mass is 32.2. The van der Waals surface area contributed by atoms with E-state index in [1.54, 1.807) is 24.0 Å². The molecular formula is C11H13N3O2S. The molecule has 2 N–H and O–H groups in total. The summed E-state index contributed by atoms with van der Waals surface area (Å²) in [6, 6.07) is 5.32. The van der Waals surface area contributed by atoms with Crippen molar-refractivity contribution >= 4 is 17.7 Å². The molecule has 0 saturated carbocycles. The summed E-state index contributed by atoms with van der Waals surface area (Å²) in [4.78, 5) is 11.7. The van der Waals surface area contributed by atoms with Gasteiger partial charge in [0.15, 0.2) is 5.76 Å². The largest absolute Gasteiger partial charge is 0.455 e. The van der Waals surface area contributed by atoms with Crippen LogP contribution in [0.25, 0.3) is 0 Å². The van der Waals surface area contributed by atoms with Gasteiger partial charge in [-0.1, -0.05) is 0 Å². The monoisotopic (exact) mass is 251 g/mol. The number of nitrogens with zero attached hydrogens (tertiary/aromatic N) is 1. The first-order chi connectivity index (χ1) is 8.29. The number of furan rings is 1. The molecule has 0 unspecified atom stereocenters. The molecule has 6 heteroatoms. The lowest BCUT2D eigenvalue weighted by molar-refractivity contribution is 0.0921. The molecular weight excluding hydrogens is 238 g/mol. The molecule has 0 radical (unpaired) electrons. The van der Waals surface area contributed by atoms with Gasteiger partial charge in [0.05, 0.1) is 18.0 Å². The maximum atomic E-state index is 11.7. The number of carbonyl (C=O) groups excluding carboxylic acids is 1. The zero-order valence-corrected chi connectivity index (χ0v) is 10.2. The van der Waals surface area contributed by atoms with E-state index in [0.717, 1.165) is 17.2 Å². The number of amides is 1. The Balaban J connectivity index is 1.90. The van der Waals surface area contributed by atoms with E-state index in [2.05, 4.69) is 15.5 Å². The molecule has 0 fully saturated rings. The molecule has 0 atom stereocenters. The van der Waals surface area contributed by atoms with Gasteiger partial charge >= 0.3 is 0 Å². The van der Waals surface area contributed by atoms with Crippen molar-refractivity contribution in [1.82, 2.24) is 15.5 Å². The van der Waals surface area contributed by atoms with Crippen LogP contribution in [0.3, 0.4) is 0 Å². The molecule has 0 aliphatic rings. The minimum Gasteiger partial charge on any atom is -0.455 e. The topological polar surface area (TPSA) is 70.9 Å². The molecule has 0 aliphatic carbocycles. The number of H-pyrrole nitrogens is 1. The molecule has 17 heavy (non-hydrogen) atoms. The summed E-state index contributed by atoms with van der Waals surface area (Å²) in [6.45, 7) is 0.414. The van der Waals surface area contributed by atoms with E-state index < -0.39 is 0 Å². The van der Waals surface area contributed by atoms with E-state index in [0.29, 0.717) is 12.3 Å². The Hall–Kier alpha value is -1.69. The second-order valence-corrected chi connectivity index (χ2v) is 4.33. The molecule has 1 amide bonds. The summed E-state index contributed by atoms with van der Waals surface area (Å²) in [6.07, 6.45) is 3.63. The minimum atomic E-state index is -0.216. The molecule has 2 aromatic heterocycles. The molecule has 2 heterocycles. The number of hydrogen-bond acceptors (Lipinski definition) is 4. The van der Waals surface area contributed by atoms with Crippen LogP contribution in [0.1, 0.15) is 22.0 Å². The van der Waals surface area contributed by atoms with Gasteiger partial charge in [0.1, 0.15) is 5.76 Å². The van der Waals surface area contributed by atoms with Gasteiger partial charge in [0, 0.05) is 6.20 Å².